The van der Waals surface area contributed by atoms with E-state index in [1.165, 1.54) is 12.1 Å². The van der Waals surface area contributed by atoms with Crippen LogP contribution in [0.15, 0.2) is 82.1 Å². The summed E-state index contributed by atoms with van der Waals surface area (Å²) in [6, 6.07) is 20.6. The summed E-state index contributed by atoms with van der Waals surface area (Å²) in [5.41, 5.74) is 2.21. The van der Waals surface area contributed by atoms with Gasteiger partial charge >= 0.3 is 0 Å². The maximum absolute atomic E-state index is 13.5. The molecule has 4 aromatic rings. The highest BCUT2D eigenvalue weighted by atomic mass is 32.2. The average molecular weight is 480 g/mol. The van der Waals surface area contributed by atoms with Crippen molar-refractivity contribution in [3.05, 3.63) is 89.7 Å². The molecular formula is C26H25NO6S. The first-order chi connectivity index (χ1) is 16.5. The van der Waals surface area contributed by atoms with Crippen LogP contribution >= 0.6 is 0 Å². The Hall–Kier alpha value is -3.33. The molecule has 0 saturated heterocycles. The molecule has 0 bridgehead atoms. The van der Waals surface area contributed by atoms with Crippen LogP contribution in [0.1, 0.15) is 29.3 Å². The number of furan rings is 1. The minimum Gasteiger partial charge on any atom is -0.490 e. The molecule has 1 aliphatic rings. The SMILES string of the molecule is O=S(=O)(N[C@@H](c1cc2ccccc2o1)c1ccccc1CCO)c1ccc2c(c1)OCCCO2. The van der Waals surface area contributed by atoms with E-state index in [9.17, 15) is 13.5 Å². The number of nitrogens with one attached hydrogen (secondary N) is 1. The summed E-state index contributed by atoms with van der Waals surface area (Å²) < 4.78 is 47.3. The summed E-state index contributed by atoms with van der Waals surface area (Å²) in [5, 5.41) is 10.4. The number of fused-ring (bicyclic) bond motifs is 2. The molecule has 1 atom stereocenters. The Morgan fingerprint density at radius 2 is 1.68 bits per heavy atom. The maximum atomic E-state index is 13.5. The fourth-order valence-corrected chi connectivity index (χ4v) is 5.32. The van der Waals surface area contributed by atoms with Crippen LogP contribution in [-0.2, 0) is 16.4 Å². The first-order valence-corrected chi connectivity index (χ1v) is 12.6. The van der Waals surface area contributed by atoms with Gasteiger partial charge in [-0.2, -0.15) is 4.72 Å². The molecule has 5 rings (SSSR count). The number of benzene rings is 3. The Morgan fingerprint density at radius 1 is 0.912 bits per heavy atom. The smallest absolute Gasteiger partial charge is 0.241 e. The predicted molar refractivity (Wildman–Crippen MR) is 128 cm³/mol. The lowest BCUT2D eigenvalue weighted by molar-refractivity contribution is 0.296. The molecule has 2 N–H and O–H groups in total. The van der Waals surface area contributed by atoms with Gasteiger partial charge in [0.25, 0.3) is 0 Å². The van der Waals surface area contributed by atoms with Gasteiger partial charge in [-0.15, -0.1) is 0 Å². The zero-order valence-corrected chi connectivity index (χ0v) is 19.3. The van der Waals surface area contributed by atoms with Crippen molar-refractivity contribution < 1.29 is 27.4 Å². The zero-order valence-electron chi connectivity index (χ0n) is 18.4. The highest BCUT2D eigenvalue weighted by Gasteiger charge is 2.28. The van der Waals surface area contributed by atoms with Gasteiger partial charge in [0.15, 0.2) is 11.5 Å². The van der Waals surface area contributed by atoms with Crippen molar-refractivity contribution in [3.8, 4) is 11.5 Å². The number of hydrogen-bond acceptors (Lipinski definition) is 6. The molecule has 7 nitrogen and oxygen atoms in total. The number of aliphatic hydroxyl groups is 1. The van der Waals surface area contributed by atoms with Crippen molar-refractivity contribution in [2.45, 2.75) is 23.8 Å². The minimum atomic E-state index is -3.98. The van der Waals surface area contributed by atoms with Crippen LogP contribution in [0.4, 0.5) is 0 Å². The Bertz CT molecular complexity index is 1380. The van der Waals surface area contributed by atoms with Crippen molar-refractivity contribution in [2.24, 2.45) is 0 Å². The van der Waals surface area contributed by atoms with Crippen LogP contribution in [0.5, 0.6) is 11.5 Å². The zero-order chi connectivity index (χ0) is 23.5. The molecule has 0 aliphatic carbocycles. The Kier molecular flexibility index (Phi) is 6.28. The molecule has 0 spiro atoms. The second kappa shape index (κ2) is 9.50. The van der Waals surface area contributed by atoms with E-state index in [1.807, 2.05) is 54.6 Å². The van der Waals surface area contributed by atoms with E-state index < -0.39 is 16.1 Å². The Balaban J connectivity index is 1.57. The number of rotatable bonds is 7. The highest BCUT2D eigenvalue weighted by molar-refractivity contribution is 7.89. The first kappa shape index (κ1) is 22.5. The topological polar surface area (TPSA) is 98.0 Å². The summed E-state index contributed by atoms with van der Waals surface area (Å²) in [6.07, 6.45) is 1.11. The summed E-state index contributed by atoms with van der Waals surface area (Å²) in [5.74, 6) is 1.39. The van der Waals surface area contributed by atoms with Gasteiger partial charge in [-0.25, -0.2) is 8.42 Å². The summed E-state index contributed by atoms with van der Waals surface area (Å²) in [4.78, 5) is 0.0671. The van der Waals surface area contributed by atoms with E-state index in [4.69, 9.17) is 13.9 Å². The molecule has 1 aromatic heterocycles. The lowest BCUT2D eigenvalue weighted by Gasteiger charge is -2.20. The molecule has 3 aromatic carbocycles. The van der Waals surface area contributed by atoms with E-state index in [-0.39, 0.29) is 11.5 Å². The molecule has 0 fully saturated rings. The maximum Gasteiger partial charge on any atom is 0.241 e. The average Bonchev–Trinajstić information content (AvgIpc) is 3.13. The molecule has 0 amide bonds. The third-order valence-corrected chi connectivity index (χ3v) is 7.20. The Labute approximate surface area is 198 Å². The summed E-state index contributed by atoms with van der Waals surface area (Å²) >= 11 is 0. The van der Waals surface area contributed by atoms with Crippen LogP contribution in [0.25, 0.3) is 11.0 Å². The van der Waals surface area contributed by atoms with Crippen molar-refractivity contribution >= 4 is 21.0 Å². The molecule has 1 aliphatic heterocycles. The van der Waals surface area contributed by atoms with Crippen molar-refractivity contribution in [3.63, 3.8) is 0 Å². The van der Waals surface area contributed by atoms with Gasteiger partial charge < -0.3 is 19.0 Å². The van der Waals surface area contributed by atoms with Gasteiger partial charge in [-0.05, 0) is 41.8 Å². The number of ether oxygens (including phenoxy) is 2. The van der Waals surface area contributed by atoms with Gasteiger partial charge in [-0.3, -0.25) is 0 Å². The van der Waals surface area contributed by atoms with Gasteiger partial charge in [0.05, 0.1) is 18.1 Å². The van der Waals surface area contributed by atoms with Crippen molar-refractivity contribution in [1.29, 1.82) is 0 Å². The predicted octanol–water partition coefficient (Wildman–Crippen LogP) is 4.20. The van der Waals surface area contributed by atoms with Gasteiger partial charge in [0, 0.05) is 24.5 Å². The lowest BCUT2D eigenvalue weighted by Crippen LogP contribution is -2.30. The van der Waals surface area contributed by atoms with Crippen LogP contribution < -0.4 is 14.2 Å². The monoisotopic (exact) mass is 479 g/mol. The van der Waals surface area contributed by atoms with Crippen LogP contribution in [0.2, 0.25) is 0 Å². The molecule has 34 heavy (non-hydrogen) atoms. The van der Waals surface area contributed by atoms with E-state index >= 15 is 0 Å². The van der Waals surface area contributed by atoms with Crippen LogP contribution in [0, 0.1) is 0 Å². The number of aliphatic hydroxyl groups excluding tert-OH is 1. The number of hydrogen-bond donors (Lipinski definition) is 2. The van der Waals surface area contributed by atoms with Gasteiger partial charge in [-0.1, -0.05) is 42.5 Å². The minimum absolute atomic E-state index is 0.0568. The van der Waals surface area contributed by atoms with Crippen LogP contribution in [-0.4, -0.2) is 33.3 Å². The molecule has 0 unspecified atom stereocenters. The largest absolute Gasteiger partial charge is 0.490 e. The molecule has 2 heterocycles. The summed E-state index contributed by atoms with van der Waals surface area (Å²) in [7, 11) is -3.98. The second-order valence-electron chi connectivity index (χ2n) is 8.07. The molecule has 0 saturated carbocycles. The Morgan fingerprint density at radius 3 is 2.50 bits per heavy atom. The van der Waals surface area contributed by atoms with E-state index in [0.29, 0.717) is 48.0 Å². The highest BCUT2D eigenvalue weighted by Crippen LogP contribution is 2.35. The molecule has 8 heteroatoms. The standard InChI is InChI=1S/C26H25NO6S/c28-13-12-18-6-1-3-8-21(18)26(25-16-19-7-2-4-9-22(19)33-25)27-34(29,30)20-10-11-23-24(17-20)32-15-5-14-31-23/h1-4,6-11,16-17,26-28H,5,12-15H2/t26-/m1/s1. The van der Waals surface area contributed by atoms with E-state index in [0.717, 1.165) is 17.4 Å². The van der Waals surface area contributed by atoms with E-state index in [2.05, 4.69) is 4.72 Å². The first-order valence-electron chi connectivity index (χ1n) is 11.1. The van der Waals surface area contributed by atoms with Gasteiger partial charge in [0.2, 0.25) is 10.0 Å². The number of para-hydroxylation sites is 1. The van der Waals surface area contributed by atoms with Crippen molar-refractivity contribution in [1.82, 2.24) is 4.72 Å². The third-order valence-electron chi connectivity index (χ3n) is 5.78. The second-order valence-corrected chi connectivity index (χ2v) is 9.79. The number of sulfonamides is 1. The fraction of sp³-hybridized carbons (Fsp3) is 0.231. The third kappa shape index (κ3) is 4.52. The normalized spacial score (nSPS) is 14.6. The lowest BCUT2D eigenvalue weighted by atomic mass is 9.97. The molecule has 0 radical (unpaired) electrons. The van der Waals surface area contributed by atoms with Gasteiger partial charge in [0.1, 0.15) is 17.4 Å². The molecular weight excluding hydrogens is 454 g/mol. The molecule has 176 valence electrons. The van der Waals surface area contributed by atoms with Crippen molar-refractivity contribution in [2.75, 3.05) is 19.8 Å². The fourth-order valence-electron chi connectivity index (χ4n) is 4.12. The summed E-state index contributed by atoms with van der Waals surface area (Å²) in [6.45, 7) is 0.923. The van der Waals surface area contributed by atoms with E-state index in [1.54, 1.807) is 6.07 Å². The van der Waals surface area contributed by atoms with Crippen LogP contribution in [0.3, 0.4) is 0 Å². The quantitative estimate of drug-likeness (QED) is 0.412.